The van der Waals surface area contributed by atoms with Crippen LogP contribution in [0.3, 0.4) is 0 Å². The second-order valence-corrected chi connectivity index (χ2v) is 4.60. The van der Waals surface area contributed by atoms with Gasteiger partial charge in [-0.15, -0.1) is 0 Å². The maximum absolute atomic E-state index is 11.5. The average Bonchev–Trinajstić information content (AvgIpc) is 2.88. The van der Waals surface area contributed by atoms with E-state index in [-0.39, 0.29) is 18.3 Å². The topological polar surface area (TPSA) is 93.6 Å². The highest BCUT2D eigenvalue weighted by atomic mass is 16.7. The summed E-state index contributed by atoms with van der Waals surface area (Å²) in [7, 11) is 0. The number of nitrogens with one attached hydrogen (secondary N) is 1. The van der Waals surface area contributed by atoms with Crippen LogP contribution in [-0.2, 0) is 16.0 Å². The van der Waals surface area contributed by atoms with Crippen LogP contribution in [0, 0.1) is 6.92 Å². The van der Waals surface area contributed by atoms with Gasteiger partial charge in [0, 0.05) is 18.3 Å². The molecule has 0 spiro atoms. The van der Waals surface area contributed by atoms with Gasteiger partial charge >= 0.3 is 5.69 Å². The molecule has 1 aromatic rings. The molecule has 0 unspecified atom stereocenters. The van der Waals surface area contributed by atoms with Crippen molar-refractivity contribution in [2.24, 2.45) is 0 Å². The summed E-state index contributed by atoms with van der Waals surface area (Å²) in [5.41, 5.74) is -0.279. The molecule has 7 heteroatoms. The van der Waals surface area contributed by atoms with E-state index in [0.29, 0.717) is 25.1 Å². The first-order valence-corrected chi connectivity index (χ1v) is 6.47. The van der Waals surface area contributed by atoms with E-state index < -0.39 is 12.0 Å². The molecule has 1 aromatic heterocycles. The van der Waals surface area contributed by atoms with Crippen molar-refractivity contribution in [2.75, 3.05) is 13.2 Å². The summed E-state index contributed by atoms with van der Waals surface area (Å²) >= 11 is 0. The number of aromatic nitrogens is 2. The third-order valence-corrected chi connectivity index (χ3v) is 2.99. The van der Waals surface area contributed by atoms with Crippen molar-refractivity contribution in [3.05, 3.63) is 44.8 Å². The molecule has 2 rings (SSSR count). The van der Waals surface area contributed by atoms with E-state index in [4.69, 9.17) is 14.6 Å². The van der Waals surface area contributed by atoms with Gasteiger partial charge in [-0.25, -0.2) is 4.79 Å². The number of H-pyrrole nitrogens is 1. The highest BCUT2D eigenvalue weighted by Crippen LogP contribution is 2.12. The lowest BCUT2D eigenvalue weighted by atomic mass is 10.3. The number of aryl methyl sites for hydroxylation is 2. The fraction of sp³-hybridized carbons (Fsp3) is 0.538. The van der Waals surface area contributed by atoms with Gasteiger partial charge in [0.1, 0.15) is 6.10 Å². The third-order valence-electron chi connectivity index (χ3n) is 2.99. The van der Waals surface area contributed by atoms with Crippen molar-refractivity contribution < 1.29 is 14.6 Å². The van der Waals surface area contributed by atoms with Crippen molar-refractivity contribution in [1.82, 2.24) is 9.55 Å². The third kappa shape index (κ3) is 3.66. The van der Waals surface area contributed by atoms with Gasteiger partial charge in [-0.1, -0.05) is 6.08 Å². The number of hydrogen-bond donors (Lipinski definition) is 2. The quantitative estimate of drug-likeness (QED) is 0.543. The molecule has 2 N–H and O–H groups in total. The summed E-state index contributed by atoms with van der Waals surface area (Å²) in [5, 5.41) is 8.88. The molecule has 0 saturated heterocycles. The monoisotopic (exact) mass is 282 g/mol. The minimum absolute atomic E-state index is 0.0671. The molecule has 0 saturated carbocycles. The van der Waals surface area contributed by atoms with Gasteiger partial charge in [0.25, 0.3) is 5.56 Å². The number of rotatable bonds is 6. The number of ether oxygens (including phenoxy) is 2. The smallest absolute Gasteiger partial charge is 0.328 e. The maximum atomic E-state index is 11.5. The summed E-state index contributed by atoms with van der Waals surface area (Å²) in [6.45, 7) is 2.45. The molecular weight excluding hydrogens is 264 g/mol. The molecule has 2 heterocycles. The lowest BCUT2D eigenvalue weighted by Gasteiger charge is -2.13. The van der Waals surface area contributed by atoms with Crippen LogP contribution in [-0.4, -0.2) is 40.3 Å². The minimum atomic E-state index is -0.443. The summed E-state index contributed by atoms with van der Waals surface area (Å²) < 4.78 is 12.2. The number of hydrogen-bond acceptors (Lipinski definition) is 5. The van der Waals surface area contributed by atoms with Gasteiger partial charge < -0.3 is 19.1 Å². The van der Waals surface area contributed by atoms with Crippen molar-refractivity contribution in [1.29, 1.82) is 0 Å². The van der Waals surface area contributed by atoms with Gasteiger partial charge in [0.15, 0.2) is 6.29 Å². The first-order valence-electron chi connectivity index (χ1n) is 6.47. The van der Waals surface area contributed by atoms with Gasteiger partial charge in [-0.3, -0.25) is 9.78 Å². The Hall–Kier alpha value is -1.70. The molecule has 0 aromatic carbocycles. The SMILES string of the molecule is Cc1cn(CCCO[C@H]2C=C[C@@H](CO)O2)c(=O)[nH]c1=O. The van der Waals surface area contributed by atoms with Crippen LogP contribution < -0.4 is 11.2 Å². The number of nitrogens with zero attached hydrogens (tertiary/aromatic N) is 1. The zero-order chi connectivity index (χ0) is 14.5. The first-order chi connectivity index (χ1) is 9.60. The Morgan fingerprint density at radius 1 is 1.45 bits per heavy atom. The first kappa shape index (κ1) is 14.7. The van der Waals surface area contributed by atoms with Gasteiger partial charge in [0.2, 0.25) is 0 Å². The largest absolute Gasteiger partial charge is 0.393 e. The van der Waals surface area contributed by atoms with Crippen LogP contribution in [0.25, 0.3) is 0 Å². The molecule has 0 amide bonds. The minimum Gasteiger partial charge on any atom is -0.393 e. The standard InChI is InChI=1S/C13H18N2O5/c1-9-7-15(13(18)14-12(9)17)5-2-6-19-11-4-3-10(8-16)20-11/h3-4,7,10-11,16H,2,5-6,8H2,1H3,(H,14,17,18)/t10-,11+/m0/s1. The van der Waals surface area contributed by atoms with Gasteiger partial charge in [-0.05, 0) is 19.4 Å². The Morgan fingerprint density at radius 3 is 2.95 bits per heavy atom. The molecule has 0 bridgehead atoms. The van der Waals surface area contributed by atoms with Crippen molar-refractivity contribution >= 4 is 0 Å². The molecule has 0 radical (unpaired) electrons. The Kier molecular flexibility index (Phi) is 4.89. The summed E-state index contributed by atoms with van der Waals surface area (Å²) in [4.78, 5) is 25.0. The summed E-state index contributed by atoms with van der Waals surface area (Å²) in [5.74, 6) is 0. The predicted octanol–water partition coefficient (Wildman–Crippen LogP) is -0.475. The number of aliphatic hydroxyl groups is 1. The number of aromatic amines is 1. The van der Waals surface area contributed by atoms with Crippen LogP contribution in [0.1, 0.15) is 12.0 Å². The highest BCUT2D eigenvalue weighted by molar-refractivity contribution is 5.00. The van der Waals surface area contributed by atoms with E-state index in [1.54, 1.807) is 19.1 Å². The Balaban J connectivity index is 1.77. The fourth-order valence-corrected chi connectivity index (χ4v) is 1.90. The molecule has 1 aliphatic rings. The normalized spacial score (nSPS) is 21.5. The van der Waals surface area contributed by atoms with Crippen LogP contribution in [0.15, 0.2) is 27.9 Å². The maximum Gasteiger partial charge on any atom is 0.328 e. The van der Waals surface area contributed by atoms with E-state index >= 15 is 0 Å². The molecule has 20 heavy (non-hydrogen) atoms. The molecule has 7 nitrogen and oxygen atoms in total. The number of aliphatic hydroxyl groups excluding tert-OH is 1. The van der Waals surface area contributed by atoms with Gasteiger partial charge in [-0.2, -0.15) is 0 Å². The lowest BCUT2D eigenvalue weighted by Crippen LogP contribution is -2.31. The van der Waals surface area contributed by atoms with E-state index in [1.807, 2.05) is 0 Å². The summed E-state index contributed by atoms with van der Waals surface area (Å²) in [6, 6.07) is 0. The zero-order valence-electron chi connectivity index (χ0n) is 11.2. The summed E-state index contributed by atoms with van der Waals surface area (Å²) in [6.07, 6.45) is 4.90. The lowest BCUT2D eigenvalue weighted by molar-refractivity contribution is -0.126. The molecular formula is C13H18N2O5. The Morgan fingerprint density at radius 2 is 2.25 bits per heavy atom. The van der Waals surface area contributed by atoms with E-state index in [1.165, 1.54) is 10.8 Å². The molecule has 0 aliphatic carbocycles. The van der Waals surface area contributed by atoms with Crippen LogP contribution >= 0.6 is 0 Å². The highest BCUT2D eigenvalue weighted by Gasteiger charge is 2.18. The van der Waals surface area contributed by atoms with Crippen molar-refractivity contribution in [3.8, 4) is 0 Å². The van der Waals surface area contributed by atoms with Crippen LogP contribution in [0.2, 0.25) is 0 Å². The predicted molar refractivity (Wildman–Crippen MR) is 71.5 cm³/mol. The van der Waals surface area contributed by atoms with E-state index in [9.17, 15) is 9.59 Å². The molecule has 1 aliphatic heterocycles. The van der Waals surface area contributed by atoms with Crippen LogP contribution in [0.5, 0.6) is 0 Å². The van der Waals surface area contributed by atoms with E-state index in [2.05, 4.69) is 4.98 Å². The molecule has 2 atom stereocenters. The van der Waals surface area contributed by atoms with Gasteiger partial charge in [0.05, 0.1) is 13.2 Å². The van der Waals surface area contributed by atoms with E-state index in [0.717, 1.165) is 0 Å². The second-order valence-electron chi connectivity index (χ2n) is 4.60. The van der Waals surface area contributed by atoms with Crippen molar-refractivity contribution in [2.45, 2.75) is 32.3 Å². The van der Waals surface area contributed by atoms with Crippen LogP contribution in [0.4, 0.5) is 0 Å². The average molecular weight is 282 g/mol. The zero-order valence-corrected chi connectivity index (χ0v) is 11.2. The fourth-order valence-electron chi connectivity index (χ4n) is 1.90. The van der Waals surface area contributed by atoms with Crippen molar-refractivity contribution in [3.63, 3.8) is 0 Å². The Bertz CT molecular complexity index is 589. The second kappa shape index (κ2) is 6.65. The Labute approximate surface area is 115 Å². The molecule has 110 valence electrons. The molecule has 0 fully saturated rings.